The Bertz CT molecular complexity index is 1200. The lowest BCUT2D eigenvalue weighted by Crippen LogP contribution is -2.25. The zero-order chi connectivity index (χ0) is 27.2. The van der Waals surface area contributed by atoms with Crippen molar-refractivity contribution >= 4 is 23.2 Å². The van der Waals surface area contributed by atoms with Crippen molar-refractivity contribution in [3.63, 3.8) is 0 Å². The van der Waals surface area contributed by atoms with Crippen LogP contribution in [-0.4, -0.2) is 25.5 Å². The second-order valence-corrected chi connectivity index (χ2v) is 11.6. The fourth-order valence-corrected chi connectivity index (χ4v) is 5.37. The van der Waals surface area contributed by atoms with Crippen molar-refractivity contribution < 1.29 is 19.1 Å². The van der Waals surface area contributed by atoms with Gasteiger partial charge in [-0.05, 0) is 77.8 Å². The zero-order valence-corrected chi connectivity index (χ0v) is 23.9. The van der Waals surface area contributed by atoms with Crippen LogP contribution < -0.4 is 10.1 Å². The van der Waals surface area contributed by atoms with Gasteiger partial charge in [0.25, 0.3) is 5.91 Å². The van der Waals surface area contributed by atoms with Crippen molar-refractivity contribution in [1.29, 1.82) is 0 Å². The summed E-state index contributed by atoms with van der Waals surface area (Å²) >= 11 is 1.43. The highest BCUT2D eigenvalue weighted by Gasteiger charge is 2.20. The summed E-state index contributed by atoms with van der Waals surface area (Å²) in [7, 11) is 1.34. The maximum atomic E-state index is 12.5. The minimum atomic E-state index is -0.345. The second-order valence-electron chi connectivity index (χ2n) is 10.4. The van der Waals surface area contributed by atoms with E-state index in [1.54, 1.807) is 0 Å². The number of ether oxygens (including phenoxy) is 2. The molecule has 1 amide bonds. The van der Waals surface area contributed by atoms with E-state index >= 15 is 0 Å². The van der Waals surface area contributed by atoms with Crippen LogP contribution in [0.3, 0.4) is 0 Å². The molecule has 0 saturated heterocycles. The van der Waals surface area contributed by atoms with Crippen LogP contribution in [0.5, 0.6) is 5.75 Å². The summed E-state index contributed by atoms with van der Waals surface area (Å²) in [6.07, 6.45) is 1.82. The predicted octanol–water partition coefficient (Wildman–Crippen LogP) is 7.54. The summed E-state index contributed by atoms with van der Waals surface area (Å²) < 4.78 is 11.1. The molecule has 0 aliphatic heterocycles. The van der Waals surface area contributed by atoms with Crippen LogP contribution in [0.15, 0.2) is 48.5 Å². The Labute approximate surface area is 225 Å². The number of methoxy groups -OCH3 is 1. The van der Waals surface area contributed by atoms with Gasteiger partial charge in [-0.2, -0.15) is 0 Å². The van der Waals surface area contributed by atoms with Crippen LogP contribution in [0.25, 0.3) is 11.1 Å². The van der Waals surface area contributed by atoms with Gasteiger partial charge in [-0.3, -0.25) is 9.59 Å². The highest BCUT2D eigenvalue weighted by molar-refractivity contribution is 7.14. The molecule has 0 aliphatic rings. The molecule has 1 heterocycles. The van der Waals surface area contributed by atoms with Gasteiger partial charge in [-0.1, -0.05) is 58.4 Å². The van der Waals surface area contributed by atoms with Crippen LogP contribution in [0.2, 0.25) is 0 Å². The number of hydrogen-bond acceptors (Lipinski definition) is 5. The van der Waals surface area contributed by atoms with Crippen LogP contribution in [0.4, 0.5) is 0 Å². The van der Waals surface area contributed by atoms with Crippen LogP contribution in [-0.2, 0) is 14.9 Å². The molecule has 1 aromatic heterocycles. The molecular weight excluding hydrogens is 482 g/mol. The number of nitrogens with one attached hydrogen (secondary N) is 1. The van der Waals surface area contributed by atoms with Crippen molar-refractivity contribution in [3.8, 4) is 16.9 Å². The fraction of sp³-hybridized carbons (Fsp3) is 0.419. The van der Waals surface area contributed by atoms with E-state index in [0.717, 1.165) is 23.5 Å². The SMILES string of the molecule is CCCC(Oc1cc(C)c(-c2ccc(C(C)(C)C)cc2)c(C)c1)c1ccc(C(=O)NCCC(=O)OC)s1. The van der Waals surface area contributed by atoms with Gasteiger partial charge in [0.15, 0.2) is 0 Å². The van der Waals surface area contributed by atoms with Gasteiger partial charge in [-0.15, -0.1) is 11.3 Å². The molecule has 1 atom stereocenters. The lowest BCUT2D eigenvalue weighted by Gasteiger charge is -2.21. The Hall–Kier alpha value is -3.12. The normalized spacial score (nSPS) is 12.2. The topological polar surface area (TPSA) is 64.6 Å². The van der Waals surface area contributed by atoms with Gasteiger partial charge < -0.3 is 14.8 Å². The van der Waals surface area contributed by atoms with E-state index in [9.17, 15) is 9.59 Å². The van der Waals surface area contributed by atoms with Crippen molar-refractivity contribution in [2.75, 3.05) is 13.7 Å². The Morgan fingerprint density at radius 3 is 2.22 bits per heavy atom. The number of benzene rings is 2. The maximum absolute atomic E-state index is 12.5. The largest absolute Gasteiger partial charge is 0.485 e. The summed E-state index contributed by atoms with van der Waals surface area (Å²) in [6.45, 7) is 13.3. The third-order valence-electron chi connectivity index (χ3n) is 6.39. The molecule has 3 aromatic rings. The van der Waals surface area contributed by atoms with Crippen molar-refractivity contribution in [3.05, 3.63) is 75.0 Å². The average molecular weight is 522 g/mol. The number of amides is 1. The van der Waals surface area contributed by atoms with Crippen LogP contribution >= 0.6 is 11.3 Å². The average Bonchev–Trinajstić information content (AvgIpc) is 3.33. The first-order valence-corrected chi connectivity index (χ1v) is 13.7. The number of esters is 1. The quantitative estimate of drug-likeness (QED) is 0.280. The molecule has 2 aromatic carbocycles. The Kier molecular flexibility index (Phi) is 9.55. The molecule has 0 fully saturated rings. The van der Waals surface area contributed by atoms with Gasteiger partial charge in [0.2, 0.25) is 0 Å². The van der Waals surface area contributed by atoms with Gasteiger partial charge in [0, 0.05) is 11.4 Å². The summed E-state index contributed by atoms with van der Waals surface area (Å²) in [5.74, 6) is 0.298. The number of rotatable bonds is 10. The summed E-state index contributed by atoms with van der Waals surface area (Å²) in [6, 6.07) is 16.9. The lowest BCUT2D eigenvalue weighted by atomic mass is 9.85. The van der Waals surface area contributed by atoms with E-state index in [2.05, 4.69) is 88.0 Å². The maximum Gasteiger partial charge on any atom is 0.307 e. The minimum Gasteiger partial charge on any atom is -0.485 e. The first-order valence-electron chi connectivity index (χ1n) is 12.9. The molecule has 0 bridgehead atoms. The van der Waals surface area contributed by atoms with E-state index < -0.39 is 0 Å². The molecule has 198 valence electrons. The molecule has 0 spiro atoms. The smallest absolute Gasteiger partial charge is 0.307 e. The lowest BCUT2D eigenvalue weighted by molar-refractivity contribution is -0.140. The van der Waals surface area contributed by atoms with Crippen molar-refractivity contribution in [2.24, 2.45) is 0 Å². The number of aryl methyl sites for hydroxylation is 2. The van der Waals surface area contributed by atoms with E-state index in [1.807, 2.05) is 12.1 Å². The Morgan fingerprint density at radius 1 is 1.00 bits per heavy atom. The highest BCUT2D eigenvalue weighted by Crippen LogP contribution is 2.36. The second kappa shape index (κ2) is 12.4. The standard InChI is InChI=1S/C31H39NO4S/c1-8-9-25(26-14-15-27(37-26)30(34)32-17-16-28(33)35-7)36-24-18-20(2)29(21(3)19-24)22-10-12-23(13-11-22)31(4,5)6/h10-15,18-19,25H,8-9,16-17H2,1-7H3,(H,32,34). The number of carbonyl (C=O) groups is 2. The molecule has 0 saturated carbocycles. The molecule has 3 rings (SSSR count). The number of thiophene rings is 1. The predicted molar refractivity (Wildman–Crippen MR) is 152 cm³/mol. The minimum absolute atomic E-state index is 0.125. The summed E-state index contributed by atoms with van der Waals surface area (Å²) in [4.78, 5) is 25.4. The number of hydrogen-bond donors (Lipinski definition) is 1. The third-order valence-corrected chi connectivity index (χ3v) is 7.56. The molecule has 5 nitrogen and oxygen atoms in total. The van der Waals surface area contributed by atoms with E-state index in [4.69, 9.17) is 4.74 Å². The summed E-state index contributed by atoms with van der Waals surface area (Å²) in [5, 5.41) is 2.78. The third kappa shape index (κ3) is 7.45. The van der Waals surface area contributed by atoms with Gasteiger partial charge in [0.1, 0.15) is 11.9 Å². The molecule has 1 N–H and O–H groups in total. The molecule has 37 heavy (non-hydrogen) atoms. The fourth-order valence-electron chi connectivity index (χ4n) is 4.38. The Morgan fingerprint density at radius 2 is 1.65 bits per heavy atom. The van der Waals surface area contributed by atoms with Crippen molar-refractivity contribution in [1.82, 2.24) is 5.32 Å². The van der Waals surface area contributed by atoms with Crippen LogP contribution in [0.1, 0.15) is 84.3 Å². The molecule has 0 aliphatic carbocycles. The van der Waals surface area contributed by atoms with Gasteiger partial charge >= 0.3 is 5.97 Å². The van der Waals surface area contributed by atoms with Crippen LogP contribution in [0, 0.1) is 13.8 Å². The van der Waals surface area contributed by atoms with E-state index in [1.165, 1.54) is 46.3 Å². The van der Waals surface area contributed by atoms with E-state index in [-0.39, 0.29) is 36.4 Å². The zero-order valence-electron chi connectivity index (χ0n) is 23.1. The molecular formula is C31H39NO4S. The highest BCUT2D eigenvalue weighted by atomic mass is 32.1. The molecule has 1 unspecified atom stereocenters. The summed E-state index contributed by atoms with van der Waals surface area (Å²) in [5.41, 5.74) is 6.24. The van der Waals surface area contributed by atoms with E-state index in [0.29, 0.717) is 4.88 Å². The van der Waals surface area contributed by atoms with Crippen molar-refractivity contribution in [2.45, 2.75) is 72.3 Å². The Balaban J connectivity index is 1.76. The first-order chi connectivity index (χ1) is 17.5. The molecule has 0 radical (unpaired) electrons. The number of carbonyl (C=O) groups excluding carboxylic acids is 2. The van der Waals surface area contributed by atoms with Gasteiger partial charge in [-0.25, -0.2) is 0 Å². The van der Waals surface area contributed by atoms with Gasteiger partial charge in [0.05, 0.1) is 18.4 Å². The first kappa shape index (κ1) is 28.5. The molecule has 6 heteroatoms. The monoisotopic (exact) mass is 521 g/mol.